The summed E-state index contributed by atoms with van der Waals surface area (Å²) in [4.78, 5) is 7.68. The summed E-state index contributed by atoms with van der Waals surface area (Å²) in [7, 11) is 0. The van der Waals surface area contributed by atoms with Gasteiger partial charge in [0.25, 0.3) is 0 Å². The summed E-state index contributed by atoms with van der Waals surface area (Å²) in [5, 5.41) is 0. The van der Waals surface area contributed by atoms with Crippen molar-refractivity contribution in [1.82, 2.24) is 9.97 Å². The van der Waals surface area contributed by atoms with Gasteiger partial charge in [-0.05, 0) is 36.2 Å². The van der Waals surface area contributed by atoms with Crippen molar-refractivity contribution in [1.29, 1.82) is 0 Å². The van der Waals surface area contributed by atoms with Gasteiger partial charge in [-0.25, -0.2) is 4.98 Å². The number of benzene rings is 1. The van der Waals surface area contributed by atoms with Crippen LogP contribution in [-0.2, 0) is 0 Å². The number of nitrogens with two attached hydrogens (primary N) is 1. The Balaban J connectivity index is 2.11. The van der Waals surface area contributed by atoms with Gasteiger partial charge in [-0.2, -0.15) is 0 Å². The molecule has 0 spiro atoms. The first kappa shape index (κ1) is 13.6. The molecule has 0 bridgehead atoms. The average molecular weight is 259 g/mol. The second-order valence-electron chi connectivity index (χ2n) is 4.69. The molecule has 19 heavy (non-hydrogen) atoms. The molecule has 1 unspecified atom stereocenters. The van der Waals surface area contributed by atoms with E-state index in [0.29, 0.717) is 6.54 Å². The minimum absolute atomic E-state index is 0.251. The molecule has 1 atom stereocenters. The maximum Gasteiger partial charge on any atom is 0.119 e. The molecule has 4 heteroatoms. The van der Waals surface area contributed by atoms with E-state index in [1.807, 2.05) is 30.5 Å². The summed E-state index contributed by atoms with van der Waals surface area (Å²) in [6.45, 7) is 5.50. The predicted octanol–water partition coefficient (Wildman–Crippen LogP) is 2.93. The summed E-state index contributed by atoms with van der Waals surface area (Å²) in [6, 6.07) is 8.04. The van der Waals surface area contributed by atoms with Crippen LogP contribution < -0.4 is 10.5 Å². The van der Waals surface area contributed by atoms with Crippen molar-refractivity contribution in [3.05, 3.63) is 36.3 Å². The van der Waals surface area contributed by atoms with Gasteiger partial charge in [0.2, 0.25) is 0 Å². The van der Waals surface area contributed by atoms with Crippen LogP contribution in [0.25, 0.3) is 11.3 Å². The molecular formula is C15H21N3O. The van der Waals surface area contributed by atoms with Crippen molar-refractivity contribution in [3.8, 4) is 17.0 Å². The first-order chi connectivity index (χ1) is 9.24. The SMILES string of the molecule is CCCOc1ccc(-c2cnc(C(C)CN)[nH]2)cc1. The molecular weight excluding hydrogens is 238 g/mol. The summed E-state index contributed by atoms with van der Waals surface area (Å²) >= 11 is 0. The molecule has 0 radical (unpaired) electrons. The highest BCUT2D eigenvalue weighted by molar-refractivity contribution is 5.59. The number of nitrogens with zero attached hydrogens (tertiary/aromatic N) is 1. The number of imidazole rings is 1. The molecule has 4 nitrogen and oxygen atoms in total. The average Bonchev–Trinajstić information content (AvgIpc) is 2.94. The highest BCUT2D eigenvalue weighted by Gasteiger charge is 2.08. The van der Waals surface area contributed by atoms with Crippen molar-refractivity contribution in [3.63, 3.8) is 0 Å². The molecule has 2 aromatic rings. The van der Waals surface area contributed by atoms with E-state index in [1.165, 1.54) is 0 Å². The van der Waals surface area contributed by atoms with Gasteiger partial charge in [-0.15, -0.1) is 0 Å². The van der Waals surface area contributed by atoms with E-state index in [-0.39, 0.29) is 5.92 Å². The van der Waals surface area contributed by atoms with Crippen LogP contribution in [0, 0.1) is 0 Å². The van der Waals surface area contributed by atoms with Crippen LogP contribution in [-0.4, -0.2) is 23.1 Å². The smallest absolute Gasteiger partial charge is 0.119 e. The normalized spacial score (nSPS) is 12.4. The number of aromatic amines is 1. The van der Waals surface area contributed by atoms with Crippen molar-refractivity contribution < 1.29 is 4.74 Å². The fourth-order valence-electron chi connectivity index (χ4n) is 1.80. The van der Waals surface area contributed by atoms with Gasteiger partial charge in [-0.3, -0.25) is 0 Å². The van der Waals surface area contributed by atoms with Gasteiger partial charge in [0.05, 0.1) is 18.5 Å². The molecule has 2 rings (SSSR count). The van der Waals surface area contributed by atoms with Gasteiger partial charge in [0, 0.05) is 12.5 Å². The summed E-state index contributed by atoms with van der Waals surface area (Å²) in [5.74, 6) is 2.09. The third kappa shape index (κ3) is 3.35. The molecule has 0 aliphatic carbocycles. The highest BCUT2D eigenvalue weighted by Crippen LogP contribution is 2.22. The van der Waals surface area contributed by atoms with E-state index in [0.717, 1.165) is 35.9 Å². The fourth-order valence-corrected chi connectivity index (χ4v) is 1.80. The van der Waals surface area contributed by atoms with E-state index in [9.17, 15) is 0 Å². The Morgan fingerprint density at radius 2 is 2.05 bits per heavy atom. The van der Waals surface area contributed by atoms with Crippen LogP contribution in [0.3, 0.4) is 0 Å². The van der Waals surface area contributed by atoms with Crippen molar-refractivity contribution in [2.75, 3.05) is 13.2 Å². The number of H-pyrrole nitrogens is 1. The lowest BCUT2D eigenvalue weighted by Gasteiger charge is -2.05. The molecule has 1 aromatic carbocycles. The van der Waals surface area contributed by atoms with E-state index in [1.54, 1.807) is 0 Å². The molecule has 102 valence electrons. The summed E-state index contributed by atoms with van der Waals surface area (Å²) in [6.07, 6.45) is 2.87. The number of nitrogens with one attached hydrogen (secondary N) is 1. The van der Waals surface area contributed by atoms with Crippen LogP contribution in [0.2, 0.25) is 0 Å². The lowest BCUT2D eigenvalue weighted by Crippen LogP contribution is -2.10. The molecule has 1 heterocycles. The quantitative estimate of drug-likeness (QED) is 0.838. The van der Waals surface area contributed by atoms with Crippen LogP contribution in [0.5, 0.6) is 5.75 Å². The van der Waals surface area contributed by atoms with Crippen LogP contribution in [0.4, 0.5) is 0 Å². The second-order valence-corrected chi connectivity index (χ2v) is 4.69. The van der Waals surface area contributed by atoms with E-state index < -0.39 is 0 Å². The molecule has 0 amide bonds. The Hall–Kier alpha value is -1.81. The van der Waals surface area contributed by atoms with Gasteiger partial charge in [-0.1, -0.05) is 13.8 Å². The molecule has 0 aliphatic heterocycles. The Bertz CT molecular complexity index is 504. The fraction of sp³-hybridized carbons (Fsp3) is 0.400. The number of aromatic nitrogens is 2. The first-order valence-electron chi connectivity index (χ1n) is 6.72. The van der Waals surface area contributed by atoms with Gasteiger partial charge >= 0.3 is 0 Å². The lowest BCUT2D eigenvalue weighted by molar-refractivity contribution is 0.317. The van der Waals surface area contributed by atoms with E-state index >= 15 is 0 Å². The third-order valence-electron chi connectivity index (χ3n) is 3.05. The Morgan fingerprint density at radius 1 is 1.32 bits per heavy atom. The van der Waals surface area contributed by atoms with Crippen molar-refractivity contribution in [2.45, 2.75) is 26.2 Å². The van der Waals surface area contributed by atoms with Gasteiger partial charge in [0.15, 0.2) is 0 Å². The minimum atomic E-state index is 0.251. The third-order valence-corrected chi connectivity index (χ3v) is 3.05. The van der Waals surface area contributed by atoms with Crippen LogP contribution in [0.15, 0.2) is 30.5 Å². The Labute approximate surface area is 114 Å². The highest BCUT2D eigenvalue weighted by atomic mass is 16.5. The standard InChI is InChI=1S/C15H21N3O/c1-3-8-19-13-6-4-12(5-7-13)14-10-17-15(18-14)11(2)9-16/h4-7,10-11H,3,8-9,16H2,1-2H3,(H,17,18). The number of ether oxygens (including phenoxy) is 1. The van der Waals surface area contributed by atoms with Crippen molar-refractivity contribution in [2.24, 2.45) is 5.73 Å². The summed E-state index contributed by atoms with van der Waals surface area (Å²) < 4.78 is 5.56. The maximum absolute atomic E-state index is 5.64. The van der Waals surface area contributed by atoms with Crippen molar-refractivity contribution >= 4 is 0 Å². The van der Waals surface area contributed by atoms with Gasteiger partial charge < -0.3 is 15.5 Å². The topological polar surface area (TPSA) is 63.9 Å². The minimum Gasteiger partial charge on any atom is -0.494 e. The maximum atomic E-state index is 5.64. The van der Waals surface area contributed by atoms with E-state index in [4.69, 9.17) is 10.5 Å². The number of rotatable bonds is 6. The largest absolute Gasteiger partial charge is 0.494 e. The molecule has 3 N–H and O–H groups in total. The van der Waals surface area contributed by atoms with Gasteiger partial charge in [0.1, 0.15) is 11.6 Å². The molecule has 1 aromatic heterocycles. The second kappa shape index (κ2) is 6.38. The Morgan fingerprint density at radius 3 is 2.68 bits per heavy atom. The first-order valence-corrected chi connectivity index (χ1v) is 6.72. The van der Waals surface area contributed by atoms with E-state index in [2.05, 4.69) is 23.8 Å². The Kier molecular flexibility index (Phi) is 4.58. The molecule has 0 saturated heterocycles. The molecule has 0 fully saturated rings. The zero-order chi connectivity index (χ0) is 13.7. The monoisotopic (exact) mass is 259 g/mol. The zero-order valence-electron chi connectivity index (χ0n) is 11.5. The number of hydrogen-bond acceptors (Lipinski definition) is 3. The summed E-state index contributed by atoms with van der Waals surface area (Å²) in [5.41, 5.74) is 7.76. The molecule has 0 aliphatic rings. The lowest BCUT2D eigenvalue weighted by atomic mass is 10.1. The van der Waals surface area contributed by atoms with Crippen LogP contribution in [0.1, 0.15) is 32.0 Å². The zero-order valence-corrected chi connectivity index (χ0v) is 11.5. The number of hydrogen-bond donors (Lipinski definition) is 2. The molecule has 0 saturated carbocycles. The van der Waals surface area contributed by atoms with Crippen LogP contribution >= 0.6 is 0 Å². The predicted molar refractivity (Wildman–Crippen MR) is 77.3 cm³/mol.